The van der Waals surface area contributed by atoms with Crippen molar-refractivity contribution in [2.24, 2.45) is 5.41 Å². The van der Waals surface area contributed by atoms with Crippen molar-refractivity contribution >= 4 is 11.9 Å². The van der Waals surface area contributed by atoms with Crippen LogP contribution in [-0.2, 0) is 16.0 Å². The highest BCUT2D eigenvalue weighted by Gasteiger charge is 2.49. The quantitative estimate of drug-likeness (QED) is 0.758. The summed E-state index contributed by atoms with van der Waals surface area (Å²) in [6, 6.07) is 7.31. The van der Waals surface area contributed by atoms with Crippen LogP contribution in [0.3, 0.4) is 0 Å². The van der Waals surface area contributed by atoms with E-state index in [1.54, 1.807) is 38.0 Å². The van der Waals surface area contributed by atoms with Crippen molar-refractivity contribution in [2.45, 2.75) is 40.5 Å². The van der Waals surface area contributed by atoms with Crippen LogP contribution in [0.4, 0.5) is 0 Å². The lowest BCUT2D eigenvalue weighted by atomic mass is 9.64. The molecule has 1 aromatic carbocycles. The molecule has 146 valence electrons. The predicted octanol–water partition coefficient (Wildman–Crippen LogP) is 3.69. The van der Waals surface area contributed by atoms with E-state index >= 15 is 0 Å². The number of hydrogen-bond acceptors (Lipinski definition) is 4. The Hall–Kier alpha value is -2.76. The number of methoxy groups -OCH3 is 1. The molecule has 0 unspecified atom stereocenters. The average Bonchev–Trinajstić information content (AvgIpc) is 2.61. The van der Waals surface area contributed by atoms with Gasteiger partial charge in [0, 0.05) is 23.4 Å². The molecule has 0 aliphatic carbocycles. The minimum Gasteiger partial charge on any atom is -0.497 e. The Morgan fingerprint density at radius 3 is 1.81 bits per heavy atom. The van der Waals surface area contributed by atoms with Gasteiger partial charge < -0.3 is 19.8 Å². The number of carbonyl (C=O) groups is 2. The molecular formula is C21H27NO5. The number of benzene rings is 1. The van der Waals surface area contributed by atoms with Crippen LogP contribution in [0.5, 0.6) is 5.75 Å². The molecular weight excluding hydrogens is 346 g/mol. The van der Waals surface area contributed by atoms with Gasteiger partial charge in [-0.25, -0.2) is 9.59 Å². The van der Waals surface area contributed by atoms with Crippen molar-refractivity contribution in [1.82, 2.24) is 4.90 Å². The maximum Gasteiger partial charge on any atom is 0.334 e. The molecule has 0 spiro atoms. The fourth-order valence-electron chi connectivity index (χ4n) is 4.28. The molecule has 6 heteroatoms. The fourth-order valence-corrected chi connectivity index (χ4v) is 4.28. The molecule has 1 heterocycles. The van der Waals surface area contributed by atoms with Gasteiger partial charge in [-0.15, -0.1) is 0 Å². The van der Waals surface area contributed by atoms with Gasteiger partial charge >= 0.3 is 11.9 Å². The van der Waals surface area contributed by atoms with Crippen LogP contribution in [0, 0.1) is 5.41 Å². The highest BCUT2D eigenvalue weighted by Crippen LogP contribution is 2.49. The Morgan fingerprint density at radius 1 is 1.00 bits per heavy atom. The standard InChI is InChI=1S/C21H27NO5/c1-6-21(12-15-8-10-16(27-5)11-9-15)17(19(23)24)13(3)22(7-2)14(4)18(21)20(25)26/h8-11H,6-7,12H2,1-5H3,(H,23,24)(H,25,26). The van der Waals surface area contributed by atoms with Crippen molar-refractivity contribution < 1.29 is 24.5 Å². The predicted molar refractivity (Wildman–Crippen MR) is 102 cm³/mol. The molecule has 0 saturated heterocycles. The van der Waals surface area contributed by atoms with Gasteiger partial charge in [0.2, 0.25) is 0 Å². The van der Waals surface area contributed by atoms with E-state index in [4.69, 9.17) is 4.74 Å². The van der Waals surface area contributed by atoms with Gasteiger partial charge in [0.25, 0.3) is 0 Å². The molecule has 1 aliphatic rings. The summed E-state index contributed by atoms with van der Waals surface area (Å²) in [5.74, 6) is -1.46. The lowest BCUT2D eigenvalue weighted by molar-refractivity contribution is -0.135. The van der Waals surface area contributed by atoms with Crippen molar-refractivity contribution in [3.8, 4) is 5.75 Å². The van der Waals surface area contributed by atoms with Crippen molar-refractivity contribution in [1.29, 1.82) is 0 Å². The van der Waals surface area contributed by atoms with Crippen LogP contribution < -0.4 is 4.74 Å². The van der Waals surface area contributed by atoms with Crippen LogP contribution in [0.25, 0.3) is 0 Å². The summed E-state index contributed by atoms with van der Waals surface area (Å²) in [7, 11) is 1.58. The van der Waals surface area contributed by atoms with Crippen LogP contribution in [0.15, 0.2) is 46.8 Å². The van der Waals surface area contributed by atoms with Crippen molar-refractivity contribution in [2.75, 3.05) is 13.7 Å². The second kappa shape index (κ2) is 7.86. The van der Waals surface area contributed by atoms with Crippen LogP contribution in [0.2, 0.25) is 0 Å². The van der Waals surface area contributed by atoms with Crippen LogP contribution >= 0.6 is 0 Å². The summed E-state index contributed by atoms with van der Waals surface area (Å²) in [5, 5.41) is 20.0. The number of aliphatic carboxylic acids is 2. The van der Waals surface area contributed by atoms with Crippen LogP contribution in [-0.4, -0.2) is 40.7 Å². The maximum atomic E-state index is 12.2. The summed E-state index contributed by atoms with van der Waals surface area (Å²) in [6.45, 7) is 7.75. The number of carboxylic acid groups (broad SMARTS) is 2. The summed E-state index contributed by atoms with van der Waals surface area (Å²) in [5.41, 5.74) is 1.27. The Bertz CT molecular complexity index is 766. The molecule has 27 heavy (non-hydrogen) atoms. The van der Waals surface area contributed by atoms with Gasteiger partial charge in [0.1, 0.15) is 5.75 Å². The molecule has 0 fully saturated rings. The first-order chi connectivity index (χ1) is 12.7. The molecule has 1 aliphatic heterocycles. The highest BCUT2D eigenvalue weighted by atomic mass is 16.5. The zero-order valence-corrected chi connectivity index (χ0v) is 16.5. The van der Waals surface area contributed by atoms with E-state index in [2.05, 4.69) is 0 Å². The topological polar surface area (TPSA) is 87.1 Å². The summed E-state index contributed by atoms with van der Waals surface area (Å²) in [6.07, 6.45) is 0.664. The Morgan fingerprint density at radius 2 is 1.48 bits per heavy atom. The fraction of sp³-hybridized carbons (Fsp3) is 0.429. The van der Waals surface area contributed by atoms with Gasteiger partial charge in [0.05, 0.1) is 18.3 Å². The molecule has 0 radical (unpaired) electrons. The average molecular weight is 373 g/mol. The molecule has 1 aromatic rings. The molecule has 0 amide bonds. The zero-order valence-electron chi connectivity index (χ0n) is 16.5. The lowest BCUT2D eigenvalue weighted by Crippen LogP contribution is -2.44. The second-order valence-corrected chi connectivity index (χ2v) is 6.74. The van der Waals surface area contributed by atoms with Gasteiger partial charge in [-0.2, -0.15) is 0 Å². The summed E-state index contributed by atoms with van der Waals surface area (Å²) >= 11 is 0. The van der Waals surface area contributed by atoms with E-state index in [1.165, 1.54) is 0 Å². The van der Waals surface area contributed by atoms with E-state index in [0.717, 1.165) is 5.56 Å². The lowest BCUT2D eigenvalue weighted by Gasteiger charge is -2.44. The van der Waals surface area contributed by atoms with E-state index < -0.39 is 17.4 Å². The summed E-state index contributed by atoms with van der Waals surface area (Å²) in [4.78, 5) is 26.3. The van der Waals surface area contributed by atoms with E-state index in [-0.39, 0.29) is 11.1 Å². The first kappa shape index (κ1) is 20.6. The molecule has 0 atom stereocenters. The first-order valence-electron chi connectivity index (χ1n) is 9.03. The normalized spacial score (nSPS) is 16.6. The van der Waals surface area contributed by atoms with Crippen molar-refractivity contribution in [3.63, 3.8) is 0 Å². The third-order valence-electron chi connectivity index (χ3n) is 5.50. The van der Waals surface area contributed by atoms with Gasteiger partial charge in [0.15, 0.2) is 0 Å². The Balaban J connectivity index is 2.73. The minimum absolute atomic E-state index is 0.158. The molecule has 0 bridgehead atoms. The molecule has 6 nitrogen and oxygen atoms in total. The Labute approximate surface area is 159 Å². The SMILES string of the molecule is CCN1C(C)=C(C(=O)O)C(CC)(Cc2ccc(OC)cc2)C(C(=O)O)=C1C. The Kier molecular flexibility index (Phi) is 5.98. The van der Waals surface area contributed by atoms with Gasteiger partial charge in [-0.1, -0.05) is 19.1 Å². The summed E-state index contributed by atoms with van der Waals surface area (Å²) < 4.78 is 5.18. The second-order valence-electron chi connectivity index (χ2n) is 6.74. The number of hydrogen-bond donors (Lipinski definition) is 2. The minimum atomic E-state index is -1.11. The first-order valence-corrected chi connectivity index (χ1v) is 9.03. The molecule has 0 aromatic heterocycles. The number of allylic oxidation sites excluding steroid dienone is 2. The van der Waals surface area contributed by atoms with Crippen LogP contribution in [0.1, 0.15) is 39.7 Å². The van der Waals surface area contributed by atoms with Gasteiger partial charge in [-0.3, -0.25) is 0 Å². The molecule has 2 rings (SSSR count). The van der Waals surface area contributed by atoms with E-state index in [9.17, 15) is 19.8 Å². The number of carboxylic acids is 2. The number of rotatable bonds is 7. The monoisotopic (exact) mass is 373 g/mol. The smallest absolute Gasteiger partial charge is 0.334 e. The zero-order chi connectivity index (χ0) is 20.4. The third-order valence-corrected chi connectivity index (χ3v) is 5.50. The van der Waals surface area contributed by atoms with Gasteiger partial charge in [-0.05, 0) is 51.3 Å². The van der Waals surface area contributed by atoms with E-state index in [1.807, 2.05) is 26.0 Å². The number of ether oxygens (including phenoxy) is 1. The molecule has 2 N–H and O–H groups in total. The van der Waals surface area contributed by atoms with E-state index in [0.29, 0.717) is 36.5 Å². The van der Waals surface area contributed by atoms with Crippen molar-refractivity contribution in [3.05, 3.63) is 52.4 Å². The number of nitrogens with zero attached hydrogens (tertiary/aromatic N) is 1. The molecule has 0 saturated carbocycles. The largest absolute Gasteiger partial charge is 0.497 e. The maximum absolute atomic E-state index is 12.2. The third kappa shape index (κ3) is 3.44. The highest BCUT2D eigenvalue weighted by molar-refractivity contribution is 5.98.